The van der Waals surface area contributed by atoms with Crippen molar-refractivity contribution >= 4 is 0 Å². The van der Waals surface area contributed by atoms with Gasteiger partial charge in [-0.3, -0.25) is 0 Å². The third-order valence-corrected chi connectivity index (χ3v) is 2.59. The van der Waals surface area contributed by atoms with Crippen molar-refractivity contribution in [2.45, 2.75) is 25.4 Å². The van der Waals surface area contributed by atoms with Crippen LogP contribution in [-0.4, -0.2) is 19.3 Å². The van der Waals surface area contributed by atoms with Crippen molar-refractivity contribution < 1.29 is 14.6 Å². The second-order valence-electron chi connectivity index (χ2n) is 3.69. The van der Waals surface area contributed by atoms with Gasteiger partial charge in [0, 0.05) is 12.0 Å². The highest BCUT2D eigenvalue weighted by Crippen LogP contribution is 2.36. The summed E-state index contributed by atoms with van der Waals surface area (Å²) >= 11 is 0. The van der Waals surface area contributed by atoms with Crippen LogP contribution in [0.4, 0.5) is 0 Å². The molecule has 0 bridgehead atoms. The van der Waals surface area contributed by atoms with E-state index in [1.54, 1.807) is 20.3 Å². The molecule has 1 aromatic carbocycles. The standard InChI is InChI=1S/C14H18O3/c1-4-5-6-9-12(15)11-8-7-10-13(16-2)14(11)17-3/h1,7-8,10,12,15H,5-6,9H2,2-3H3. The number of aliphatic hydroxyl groups excluding tert-OH is 1. The molecule has 0 aromatic heterocycles. The van der Waals surface area contributed by atoms with E-state index in [0.29, 0.717) is 24.3 Å². The lowest BCUT2D eigenvalue weighted by molar-refractivity contribution is 0.160. The maximum absolute atomic E-state index is 10.1. The zero-order chi connectivity index (χ0) is 12.7. The molecule has 0 heterocycles. The maximum atomic E-state index is 10.1. The number of rotatable bonds is 6. The van der Waals surface area contributed by atoms with Crippen LogP contribution in [-0.2, 0) is 0 Å². The van der Waals surface area contributed by atoms with Crippen molar-refractivity contribution in [3.63, 3.8) is 0 Å². The van der Waals surface area contributed by atoms with Crippen LogP contribution in [0, 0.1) is 12.3 Å². The van der Waals surface area contributed by atoms with Crippen LogP contribution in [0.3, 0.4) is 0 Å². The number of aliphatic hydroxyl groups is 1. The van der Waals surface area contributed by atoms with Gasteiger partial charge >= 0.3 is 0 Å². The zero-order valence-corrected chi connectivity index (χ0v) is 10.3. The van der Waals surface area contributed by atoms with Crippen LogP contribution < -0.4 is 9.47 Å². The molecule has 0 saturated heterocycles. The minimum absolute atomic E-state index is 0.576. The first-order valence-corrected chi connectivity index (χ1v) is 5.57. The summed E-state index contributed by atoms with van der Waals surface area (Å²) in [4.78, 5) is 0. The van der Waals surface area contributed by atoms with Gasteiger partial charge in [-0.25, -0.2) is 0 Å². The number of ether oxygens (including phenoxy) is 2. The Balaban J connectivity index is 2.85. The van der Waals surface area contributed by atoms with Crippen LogP contribution in [0.5, 0.6) is 11.5 Å². The first-order valence-electron chi connectivity index (χ1n) is 5.57. The third kappa shape index (κ3) is 3.40. The molecule has 0 fully saturated rings. The predicted molar refractivity (Wildman–Crippen MR) is 67.2 cm³/mol. The van der Waals surface area contributed by atoms with Crippen molar-refractivity contribution in [1.29, 1.82) is 0 Å². The molecule has 1 atom stereocenters. The Morgan fingerprint density at radius 1 is 1.35 bits per heavy atom. The lowest BCUT2D eigenvalue weighted by Gasteiger charge is -2.16. The van der Waals surface area contributed by atoms with E-state index in [1.807, 2.05) is 12.1 Å². The Morgan fingerprint density at radius 2 is 2.12 bits per heavy atom. The Kier molecular flexibility index (Phi) is 5.38. The van der Waals surface area contributed by atoms with E-state index in [4.69, 9.17) is 15.9 Å². The van der Waals surface area contributed by atoms with E-state index in [-0.39, 0.29) is 0 Å². The highest BCUT2D eigenvalue weighted by molar-refractivity contribution is 5.47. The Morgan fingerprint density at radius 3 is 2.71 bits per heavy atom. The largest absolute Gasteiger partial charge is 0.493 e. The molecule has 0 saturated carbocycles. The van der Waals surface area contributed by atoms with Gasteiger partial charge in [-0.05, 0) is 18.9 Å². The van der Waals surface area contributed by atoms with Gasteiger partial charge in [0.2, 0.25) is 0 Å². The second kappa shape index (κ2) is 6.82. The van der Waals surface area contributed by atoms with Gasteiger partial charge in [-0.1, -0.05) is 12.1 Å². The van der Waals surface area contributed by atoms with Gasteiger partial charge in [0.25, 0.3) is 0 Å². The van der Waals surface area contributed by atoms with Gasteiger partial charge in [0.1, 0.15) is 0 Å². The summed E-state index contributed by atoms with van der Waals surface area (Å²) in [5, 5.41) is 10.1. The quantitative estimate of drug-likeness (QED) is 0.607. The summed E-state index contributed by atoms with van der Waals surface area (Å²) in [6.45, 7) is 0. The van der Waals surface area contributed by atoms with E-state index in [9.17, 15) is 5.11 Å². The molecule has 92 valence electrons. The molecule has 0 radical (unpaired) electrons. The summed E-state index contributed by atoms with van der Waals surface area (Å²) in [5.74, 6) is 3.77. The first-order chi connectivity index (χ1) is 8.24. The van der Waals surface area contributed by atoms with Gasteiger partial charge in [0.15, 0.2) is 11.5 Å². The van der Waals surface area contributed by atoms with E-state index in [1.165, 1.54) is 0 Å². The van der Waals surface area contributed by atoms with Gasteiger partial charge in [-0.2, -0.15) is 0 Å². The Bertz CT molecular complexity index is 393. The summed E-state index contributed by atoms with van der Waals surface area (Å²) in [7, 11) is 3.14. The van der Waals surface area contributed by atoms with E-state index >= 15 is 0 Å². The second-order valence-corrected chi connectivity index (χ2v) is 3.69. The van der Waals surface area contributed by atoms with Crippen LogP contribution in [0.15, 0.2) is 18.2 Å². The lowest BCUT2D eigenvalue weighted by Crippen LogP contribution is -2.02. The number of para-hydroxylation sites is 1. The minimum atomic E-state index is -0.576. The summed E-state index contributed by atoms with van der Waals surface area (Å²) < 4.78 is 10.5. The fourth-order valence-electron chi connectivity index (χ4n) is 1.73. The summed E-state index contributed by atoms with van der Waals surface area (Å²) in [5.41, 5.74) is 0.740. The number of terminal acetylenes is 1. The molecule has 1 rings (SSSR count). The van der Waals surface area contributed by atoms with Crippen molar-refractivity contribution in [2.24, 2.45) is 0 Å². The molecule has 0 aliphatic carbocycles. The predicted octanol–water partition coefficient (Wildman–Crippen LogP) is 2.54. The fraction of sp³-hybridized carbons (Fsp3) is 0.429. The Hall–Kier alpha value is -1.66. The monoisotopic (exact) mass is 234 g/mol. The van der Waals surface area contributed by atoms with Crippen molar-refractivity contribution in [3.05, 3.63) is 23.8 Å². The highest BCUT2D eigenvalue weighted by atomic mass is 16.5. The molecule has 0 spiro atoms. The average molecular weight is 234 g/mol. The molecular weight excluding hydrogens is 216 g/mol. The first kappa shape index (κ1) is 13.4. The topological polar surface area (TPSA) is 38.7 Å². The number of hydrogen-bond donors (Lipinski definition) is 1. The average Bonchev–Trinajstić information content (AvgIpc) is 2.37. The normalized spacial score (nSPS) is 11.6. The number of hydrogen-bond acceptors (Lipinski definition) is 3. The van der Waals surface area contributed by atoms with E-state index < -0.39 is 6.10 Å². The fourth-order valence-corrected chi connectivity index (χ4v) is 1.73. The van der Waals surface area contributed by atoms with Gasteiger partial charge < -0.3 is 14.6 Å². The summed E-state index contributed by atoms with van der Waals surface area (Å²) in [6.07, 6.45) is 6.68. The molecule has 17 heavy (non-hydrogen) atoms. The molecule has 0 amide bonds. The molecule has 1 N–H and O–H groups in total. The number of unbranched alkanes of at least 4 members (excludes halogenated alkanes) is 1. The van der Waals surface area contributed by atoms with Crippen LogP contribution in [0.2, 0.25) is 0 Å². The molecule has 3 heteroatoms. The van der Waals surface area contributed by atoms with E-state index in [2.05, 4.69) is 5.92 Å². The van der Waals surface area contributed by atoms with Gasteiger partial charge in [0.05, 0.1) is 20.3 Å². The molecule has 1 unspecified atom stereocenters. The Labute approximate surface area is 102 Å². The maximum Gasteiger partial charge on any atom is 0.166 e. The summed E-state index contributed by atoms with van der Waals surface area (Å²) in [6, 6.07) is 5.47. The van der Waals surface area contributed by atoms with Crippen LogP contribution in [0.25, 0.3) is 0 Å². The lowest BCUT2D eigenvalue weighted by atomic mass is 10.0. The molecule has 1 aromatic rings. The van der Waals surface area contributed by atoms with Gasteiger partial charge in [-0.15, -0.1) is 12.3 Å². The number of benzene rings is 1. The van der Waals surface area contributed by atoms with Crippen molar-refractivity contribution in [2.75, 3.05) is 14.2 Å². The minimum Gasteiger partial charge on any atom is -0.493 e. The highest BCUT2D eigenvalue weighted by Gasteiger charge is 2.16. The number of methoxy groups -OCH3 is 2. The molecule has 3 nitrogen and oxygen atoms in total. The zero-order valence-electron chi connectivity index (χ0n) is 10.3. The molecule has 0 aliphatic rings. The molecular formula is C14H18O3. The smallest absolute Gasteiger partial charge is 0.166 e. The van der Waals surface area contributed by atoms with Crippen molar-refractivity contribution in [1.82, 2.24) is 0 Å². The third-order valence-electron chi connectivity index (χ3n) is 2.59. The van der Waals surface area contributed by atoms with Crippen LogP contribution >= 0.6 is 0 Å². The van der Waals surface area contributed by atoms with Crippen LogP contribution in [0.1, 0.15) is 30.9 Å². The van der Waals surface area contributed by atoms with E-state index in [0.717, 1.165) is 12.0 Å². The SMILES string of the molecule is C#CCCCC(O)c1cccc(OC)c1OC. The molecule has 0 aliphatic heterocycles. The van der Waals surface area contributed by atoms with Crippen molar-refractivity contribution in [3.8, 4) is 23.8 Å².